The average molecular weight is 288 g/mol. The predicted octanol–water partition coefficient (Wildman–Crippen LogP) is 2.76. The quantitative estimate of drug-likeness (QED) is 0.679. The molecule has 4 nitrogen and oxygen atoms in total. The summed E-state index contributed by atoms with van der Waals surface area (Å²) in [6.45, 7) is 2.01. The number of nitrogens with one attached hydrogen (secondary N) is 1. The number of hydrogen-bond acceptors (Lipinski definition) is 4. The molecule has 0 atom stereocenters. The second kappa shape index (κ2) is 6.86. The monoisotopic (exact) mass is 288 g/mol. The summed E-state index contributed by atoms with van der Waals surface area (Å²) in [6.07, 6.45) is 1.97. The van der Waals surface area contributed by atoms with Gasteiger partial charge in [0.25, 0.3) is 0 Å². The minimum Gasteiger partial charge on any atom is -0.497 e. The van der Waals surface area contributed by atoms with Gasteiger partial charge in [-0.1, -0.05) is 12.1 Å². The second-order valence-corrected chi connectivity index (χ2v) is 5.23. The van der Waals surface area contributed by atoms with E-state index in [-0.39, 0.29) is 5.91 Å². The van der Waals surface area contributed by atoms with Crippen LogP contribution in [0, 0.1) is 6.92 Å². The Kier molecular flexibility index (Phi) is 4.90. The predicted molar refractivity (Wildman–Crippen MR) is 81.5 cm³/mol. The highest BCUT2D eigenvalue weighted by Gasteiger charge is 2.02. The van der Waals surface area contributed by atoms with Gasteiger partial charge in [0, 0.05) is 4.88 Å². The standard InChI is InChI=1S/C15H16N2O2S/c1-11-7-8-20-14(11)10-16-17-15(18)9-12-3-5-13(19-2)6-4-12/h3-8,10H,9H2,1-2H3,(H,17,18). The number of amides is 1. The van der Waals surface area contributed by atoms with Crippen LogP contribution >= 0.6 is 11.3 Å². The lowest BCUT2D eigenvalue weighted by Crippen LogP contribution is -2.19. The third kappa shape index (κ3) is 3.93. The summed E-state index contributed by atoms with van der Waals surface area (Å²) in [5.74, 6) is 0.640. The van der Waals surface area contributed by atoms with Crippen molar-refractivity contribution in [1.82, 2.24) is 5.43 Å². The average Bonchev–Trinajstić information content (AvgIpc) is 2.85. The fraction of sp³-hybridized carbons (Fsp3) is 0.200. The molecule has 0 aliphatic carbocycles. The molecule has 1 amide bonds. The fourth-order valence-corrected chi connectivity index (χ4v) is 2.43. The van der Waals surface area contributed by atoms with Crippen molar-refractivity contribution >= 4 is 23.5 Å². The summed E-state index contributed by atoms with van der Waals surface area (Å²) in [5, 5.41) is 5.96. The van der Waals surface area contributed by atoms with Gasteiger partial charge in [0.15, 0.2) is 0 Å². The zero-order valence-electron chi connectivity index (χ0n) is 11.4. The van der Waals surface area contributed by atoms with E-state index in [1.165, 1.54) is 0 Å². The van der Waals surface area contributed by atoms with Gasteiger partial charge in [-0.2, -0.15) is 5.10 Å². The van der Waals surface area contributed by atoms with Crippen molar-refractivity contribution in [3.63, 3.8) is 0 Å². The van der Waals surface area contributed by atoms with Crippen molar-refractivity contribution in [3.05, 3.63) is 51.7 Å². The first-order valence-electron chi connectivity index (χ1n) is 6.18. The number of ether oxygens (including phenoxy) is 1. The van der Waals surface area contributed by atoms with Crippen LogP contribution in [0.25, 0.3) is 0 Å². The molecule has 1 N–H and O–H groups in total. The Balaban J connectivity index is 1.86. The van der Waals surface area contributed by atoms with E-state index < -0.39 is 0 Å². The van der Waals surface area contributed by atoms with Crippen LogP contribution in [-0.2, 0) is 11.2 Å². The highest BCUT2D eigenvalue weighted by atomic mass is 32.1. The van der Waals surface area contributed by atoms with Crippen LogP contribution in [0.4, 0.5) is 0 Å². The molecule has 2 aromatic rings. The number of hydrogen-bond donors (Lipinski definition) is 1. The molecule has 0 radical (unpaired) electrons. The number of benzene rings is 1. The van der Waals surface area contributed by atoms with Crippen LogP contribution in [0.3, 0.4) is 0 Å². The third-order valence-corrected chi connectivity index (χ3v) is 3.75. The maximum atomic E-state index is 11.7. The number of methoxy groups -OCH3 is 1. The fourth-order valence-electron chi connectivity index (χ4n) is 1.65. The van der Waals surface area contributed by atoms with E-state index in [1.807, 2.05) is 42.6 Å². The second-order valence-electron chi connectivity index (χ2n) is 4.29. The Labute approximate surface area is 122 Å². The van der Waals surface area contributed by atoms with Crippen molar-refractivity contribution in [1.29, 1.82) is 0 Å². The van der Waals surface area contributed by atoms with Crippen LogP contribution in [0.2, 0.25) is 0 Å². The minimum absolute atomic E-state index is 0.138. The molecule has 0 saturated heterocycles. The first-order chi connectivity index (χ1) is 9.69. The summed E-state index contributed by atoms with van der Waals surface area (Å²) in [4.78, 5) is 12.8. The molecule has 104 valence electrons. The van der Waals surface area contributed by atoms with Gasteiger partial charge >= 0.3 is 0 Å². The van der Waals surface area contributed by atoms with E-state index in [2.05, 4.69) is 10.5 Å². The number of aryl methyl sites for hydroxylation is 1. The molecule has 2 rings (SSSR count). The maximum Gasteiger partial charge on any atom is 0.244 e. The van der Waals surface area contributed by atoms with E-state index in [1.54, 1.807) is 24.7 Å². The van der Waals surface area contributed by atoms with Gasteiger partial charge in [-0.25, -0.2) is 5.43 Å². The smallest absolute Gasteiger partial charge is 0.244 e. The molecule has 1 heterocycles. The summed E-state index contributed by atoms with van der Waals surface area (Å²) in [5.41, 5.74) is 4.61. The molecule has 5 heteroatoms. The van der Waals surface area contributed by atoms with Crippen molar-refractivity contribution < 1.29 is 9.53 Å². The van der Waals surface area contributed by atoms with Crippen molar-refractivity contribution in [2.45, 2.75) is 13.3 Å². The molecule has 20 heavy (non-hydrogen) atoms. The molecular formula is C15H16N2O2S. The van der Waals surface area contributed by atoms with E-state index in [9.17, 15) is 4.79 Å². The van der Waals surface area contributed by atoms with Gasteiger partial charge < -0.3 is 4.74 Å². The summed E-state index contributed by atoms with van der Waals surface area (Å²) >= 11 is 1.59. The largest absolute Gasteiger partial charge is 0.497 e. The molecule has 0 fully saturated rings. The van der Waals surface area contributed by atoms with Crippen LogP contribution in [0.1, 0.15) is 16.0 Å². The molecule has 0 bridgehead atoms. The van der Waals surface area contributed by atoms with Crippen LogP contribution < -0.4 is 10.2 Å². The van der Waals surface area contributed by atoms with Gasteiger partial charge in [0.05, 0.1) is 19.7 Å². The van der Waals surface area contributed by atoms with Gasteiger partial charge in [-0.05, 0) is 41.6 Å². The molecule has 0 aliphatic heterocycles. The van der Waals surface area contributed by atoms with Crippen molar-refractivity contribution in [2.24, 2.45) is 5.10 Å². The number of rotatable bonds is 5. The maximum absolute atomic E-state index is 11.7. The zero-order chi connectivity index (χ0) is 14.4. The van der Waals surface area contributed by atoms with E-state index >= 15 is 0 Å². The van der Waals surface area contributed by atoms with Crippen molar-refractivity contribution in [3.8, 4) is 5.75 Å². The molecule has 0 unspecified atom stereocenters. The first kappa shape index (κ1) is 14.3. The Morgan fingerprint density at radius 1 is 1.35 bits per heavy atom. The lowest BCUT2D eigenvalue weighted by molar-refractivity contribution is -0.120. The Hall–Kier alpha value is -2.14. The molecule has 0 aliphatic rings. The van der Waals surface area contributed by atoms with Crippen LogP contribution in [0.5, 0.6) is 5.75 Å². The number of hydrazone groups is 1. The minimum atomic E-state index is -0.138. The Bertz CT molecular complexity index is 603. The summed E-state index contributed by atoms with van der Waals surface area (Å²) in [6, 6.07) is 9.42. The van der Waals surface area contributed by atoms with Crippen LogP contribution in [-0.4, -0.2) is 19.2 Å². The van der Waals surface area contributed by atoms with E-state index in [0.29, 0.717) is 6.42 Å². The van der Waals surface area contributed by atoms with Crippen molar-refractivity contribution in [2.75, 3.05) is 7.11 Å². The number of nitrogens with zero attached hydrogens (tertiary/aromatic N) is 1. The highest BCUT2D eigenvalue weighted by Crippen LogP contribution is 2.13. The number of carbonyl (C=O) groups excluding carboxylic acids is 1. The highest BCUT2D eigenvalue weighted by molar-refractivity contribution is 7.11. The zero-order valence-corrected chi connectivity index (χ0v) is 12.2. The number of thiophene rings is 1. The first-order valence-corrected chi connectivity index (χ1v) is 7.06. The Morgan fingerprint density at radius 3 is 2.70 bits per heavy atom. The Morgan fingerprint density at radius 2 is 2.10 bits per heavy atom. The summed E-state index contributed by atoms with van der Waals surface area (Å²) in [7, 11) is 1.61. The van der Waals surface area contributed by atoms with Gasteiger partial charge in [-0.15, -0.1) is 11.3 Å². The molecule has 1 aromatic carbocycles. The normalized spacial score (nSPS) is 10.7. The SMILES string of the molecule is COc1ccc(CC(=O)NN=Cc2sccc2C)cc1. The lowest BCUT2D eigenvalue weighted by Gasteiger charge is -2.02. The van der Waals surface area contributed by atoms with Crippen LogP contribution in [0.15, 0.2) is 40.8 Å². The van der Waals surface area contributed by atoms with E-state index in [4.69, 9.17) is 4.74 Å². The van der Waals surface area contributed by atoms with Gasteiger partial charge in [-0.3, -0.25) is 4.79 Å². The van der Waals surface area contributed by atoms with Gasteiger partial charge in [0.2, 0.25) is 5.91 Å². The van der Waals surface area contributed by atoms with Gasteiger partial charge in [0.1, 0.15) is 5.75 Å². The molecule has 0 spiro atoms. The molecular weight excluding hydrogens is 272 g/mol. The topological polar surface area (TPSA) is 50.7 Å². The van der Waals surface area contributed by atoms with E-state index in [0.717, 1.165) is 21.8 Å². The third-order valence-electron chi connectivity index (χ3n) is 2.80. The molecule has 1 aromatic heterocycles. The summed E-state index contributed by atoms with van der Waals surface area (Å²) < 4.78 is 5.07. The number of carbonyl (C=O) groups is 1. The molecule has 0 saturated carbocycles. The lowest BCUT2D eigenvalue weighted by atomic mass is 10.1.